The Balaban J connectivity index is 0.871. The number of aryl methyl sites for hydroxylation is 2. The second-order valence-electron chi connectivity index (χ2n) is 16.9. The first-order valence-electron chi connectivity index (χ1n) is 20.9. The normalized spacial score (nSPS) is 23.3. The minimum atomic E-state index is -1.05. The summed E-state index contributed by atoms with van der Waals surface area (Å²) in [5.41, 5.74) is 4.83. The maximum Gasteiger partial charge on any atom is 0.280 e. The summed E-state index contributed by atoms with van der Waals surface area (Å²) in [5.74, 6) is -2.81. The van der Waals surface area contributed by atoms with Crippen LogP contribution in [0.1, 0.15) is 66.6 Å². The number of hydrogen-bond acceptors (Lipinski definition) is 11. The fourth-order valence-electron chi connectivity index (χ4n) is 9.25. The first-order valence-corrected chi connectivity index (χ1v) is 20.9. The van der Waals surface area contributed by atoms with Crippen LogP contribution in [-0.2, 0) is 21.4 Å². The molecule has 3 fully saturated rings. The number of piperazine rings is 1. The first kappa shape index (κ1) is 40.2. The predicted molar refractivity (Wildman–Crippen MR) is 225 cm³/mol. The highest BCUT2D eigenvalue weighted by molar-refractivity contribution is 6.19. The topological polar surface area (TPSA) is 158 Å². The van der Waals surface area contributed by atoms with E-state index in [1.54, 1.807) is 27.9 Å². The first-order chi connectivity index (χ1) is 29.4. The van der Waals surface area contributed by atoms with Crippen molar-refractivity contribution in [1.29, 1.82) is 0 Å². The highest BCUT2D eigenvalue weighted by atomic mass is 19.1. The lowest BCUT2D eigenvalue weighted by atomic mass is 9.89. The molecule has 5 aliphatic rings. The summed E-state index contributed by atoms with van der Waals surface area (Å²) < 4.78 is 38.5. The number of anilines is 4. The maximum absolute atomic E-state index is 15.3. The number of fused-ring (bicyclic) bond motifs is 7. The Bertz CT molecular complexity index is 2450. The van der Waals surface area contributed by atoms with E-state index in [9.17, 15) is 19.2 Å². The van der Waals surface area contributed by atoms with E-state index in [4.69, 9.17) is 4.74 Å². The second kappa shape index (κ2) is 16.3. The number of hydrogen-bond donors (Lipinski definition) is 2. The van der Waals surface area contributed by atoms with Crippen molar-refractivity contribution in [2.45, 2.75) is 51.9 Å². The van der Waals surface area contributed by atoms with Crippen LogP contribution in [-0.4, -0.2) is 102 Å². The molecule has 2 aromatic carbocycles. The smallest absolute Gasteiger partial charge is 0.280 e. The molecule has 4 aromatic rings. The molecule has 15 nitrogen and oxygen atoms in total. The molecule has 3 saturated heterocycles. The molecule has 0 aliphatic carbocycles. The Kier molecular flexibility index (Phi) is 10.8. The van der Waals surface area contributed by atoms with Crippen LogP contribution in [0.5, 0.6) is 5.88 Å². The summed E-state index contributed by atoms with van der Waals surface area (Å²) in [6.45, 7) is 8.27. The molecule has 7 heterocycles. The van der Waals surface area contributed by atoms with Gasteiger partial charge in [-0.05, 0) is 86.9 Å². The van der Waals surface area contributed by atoms with E-state index in [0.29, 0.717) is 85.9 Å². The van der Waals surface area contributed by atoms with E-state index >= 15 is 8.78 Å². The number of guanidine groups is 1. The van der Waals surface area contributed by atoms with Gasteiger partial charge in [-0.3, -0.25) is 34.4 Å². The zero-order valence-corrected chi connectivity index (χ0v) is 34.4. The van der Waals surface area contributed by atoms with Gasteiger partial charge in [-0.2, -0.15) is 10.1 Å². The summed E-state index contributed by atoms with van der Waals surface area (Å²) in [5, 5.41) is 9.93. The van der Waals surface area contributed by atoms with Crippen LogP contribution >= 0.6 is 0 Å². The van der Waals surface area contributed by atoms with Crippen molar-refractivity contribution < 1.29 is 32.7 Å². The molecule has 0 spiro atoms. The molecule has 3 atom stereocenters. The largest absolute Gasteiger partial charge is 0.477 e. The van der Waals surface area contributed by atoms with Crippen LogP contribution in [0.25, 0.3) is 11.3 Å². The Morgan fingerprint density at radius 3 is 2.51 bits per heavy atom. The summed E-state index contributed by atoms with van der Waals surface area (Å²) >= 11 is 0. The number of carbonyl (C=O) groups is 4. The lowest BCUT2D eigenvalue weighted by Crippen LogP contribution is -2.51. The van der Waals surface area contributed by atoms with Crippen LogP contribution in [0.4, 0.5) is 31.5 Å². The molecule has 0 unspecified atom stereocenters. The number of piperidine rings is 1. The highest BCUT2D eigenvalue weighted by Crippen LogP contribution is 2.39. The van der Waals surface area contributed by atoms with Crippen LogP contribution in [0.3, 0.4) is 0 Å². The fourth-order valence-corrected chi connectivity index (χ4v) is 9.25. The van der Waals surface area contributed by atoms with Gasteiger partial charge in [0.15, 0.2) is 0 Å². The number of imide groups is 1. The van der Waals surface area contributed by atoms with Gasteiger partial charge < -0.3 is 24.8 Å². The molecule has 17 heteroatoms. The molecule has 0 radical (unpaired) electrons. The highest BCUT2D eigenvalue weighted by Gasteiger charge is 2.36. The van der Waals surface area contributed by atoms with Gasteiger partial charge >= 0.3 is 0 Å². The van der Waals surface area contributed by atoms with Crippen LogP contribution < -0.4 is 30.1 Å². The van der Waals surface area contributed by atoms with Crippen LogP contribution in [0.2, 0.25) is 0 Å². The van der Waals surface area contributed by atoms with Gasteiger partial charge in [0.2, 0.25) is 29.6 Å². The standard InChI is InChI=1S/C44H48F2N10O5/c1-25-5-4-14-61-43-32(20-47-52(43)3)36-16-28(15-26(2)48-36)41(59)51-44-49-35-8-6-29(19-37(35)56(44)21-25)55-13-12-53(24-39(55)58)22-27-10-11-54(23-27)30-17-33(45)40(34(46)18-30)31-7-9-38(57)50-42(31)60/h6,8,15-20,25,27,31H,4-5,7,9-14,21-24H2,1-3H3,(H,49,51,59)(H,50,57,60)/t25-,27-,31-/m1/s1. The van der Waals surface area contributed by atoms with Gasteiger partial charge in [-0.15, -0.1) is 0 Å². The van der Waals surface area contributed by atoms with Gasteiger partial charge in [0.05, 0.1) is 47.9 Å². The summed E-state index contributed by atoms with van der Waals surface area (Å²) in [6, 6.07) is 11.8. The molecular formula is C44H48F2N10O5. The number of pyridine rings is 1. The lowest BCUT2D eigenvalue weighted by molar-refractivity contribution is -0.134. The third-order valence-electron chi connectivity index (χ3n) is 12.3. The molecule has 318 valence electrons. The van der Waals surface area contributed by atoms with E-state index in [0.717, 1.165) is 36.3 Å². The van der Waals surface area contributed by atoms with E-state index in [1.165, 1.54) is 12.1 Å². The van der Waals surface area contributed by atoms with Gasteiger partial charge in [0.1, 0.15) is 11.6 Å². The zero-order chi connectivity index (χ0) is 42.5. The minimum Gasteiger partial charge on any atom is -0.477 e. The molecular weight excluding hydrogens is 787 g/mol. The average molecular weight is 835 g/mol. The number of carbonyl (C=O) groups excluding carboxylic acids is 4. The number of aromatic nitrogens is 3. The van der Waals surface area contributed by atoms with Gasteiger partial charge in [-0.25, -0.2) is 13.5 Å². The quantitative estimate of drug-likeness (QED) is 0.261. The Hall–Kier alpha value is -6.23. The molecule has 5 aliphatic heterocycles. The number of halogens is 2. The molecule has 2 aromatic heterocycles. The van der Waals surface area contributed by atoms with Gasteiger partial charge in [0, 0.05) is 80.9 Å². The molecule has 4 amide bonds. The van der Waals surface area contributed by atoms with E-state index < -0.39 is 35.3 Å². The van der Waals surface area contributed by atoms with E-state index in [1.807, 2.05) is 42.0 Å². The molecule has 2 N–H and O–H groups in total. The van der Waals surface area contributed by atoms with Crippen LogP contribution in [0, 0.1) is 30.4 Å². The predicted octanol–water partition coefficient (Wildman–Crippen LogP) is 5.00. The number of amides is 4. The third kappa shape index (κ3) is 8.05. The second-order valence-corrected chi connectivity index (χ2v) is 16.9. The SMILES string of the molecule is Cc1cc2cc(n1)-c1cnn(C)c1OCCC[C@@H](C)CN1/C(=N/C2=O)Nc2ccc(N3CCN(C[C@H]4CCN(c5cc(F)c([C@H]6CCC(=O)NC6=O)c(F)c5)C4)CC3=O)cc21. The van der Waals surface area contributed by atoms with Crippen molar-refractivity contribution in [2.24, 2.45) is 23.9 Å². The lowest BCUT2D eigenvalue weighted by Gasteiger charge is -2.36. The number of rotatable bonds is 5. The fraction of sp³-hybridized carbons (Fsp3) is 0.432. The van der Waals surface area contributed by atoms with Crippen molar-refractivity contribution >= 4 is 52.3 Å². The minimum absolute atomic E-state index is 0.0321. The van der Waals surface area contributed by atoms with Crippen molar-refractivity contribution in [3.8, 4) is 17.1 Å². The number of nitrogens with one attached hydrogen (secondary N) is 2. The van der Waals surface area contributed by atoms with Crippen molar-refractivity contribution in [3.63, 3.8) is 0 Å². The van der Waals surface area contributed by atoms with E-state index in [2.05, 4.69) is 37.5 Å². The number of aliphatic imine (C=N–C) groups is 1. The zero-order valence-electron chi connectivity index (χ0n) is 34.4. The number of nitrogens with zero attached hydrogens (tertiary/aromatic N) is 8. The summed E-state index contributed by atoms with van der Waals surface area (Å²) in [7, 11) is 1.82. The average Bonchev–Trinajstić information content (AvgIpc) is 3.93. The van der Waals surface area contributed by atoms with Crippen molar-refractivity contribution in [3.05, 3.63) is 77.1 Å². The Labute approximate surface area is 351 Å². The van der Waals surface area contributed by atoms with Crippen molar-refractivity contribution in [1.82, 2.24) is 25.0 Å². The maximum atomic E-state index is 15.3. The third-order valence-corrected chi connectivity index (χ3v) is 12.3. The number of ether oxygens (including phenoxy) is 1. The van der Waals surface area contributed by atoms with Crippen LogP contribution in [0.15, 0.2) is 53.7 Å². The molecule has 61 heavy (non-hydrogen) atoms. The molecule has 0 saturated carbocycles. The molecule has 2 bridgehead atoms. The summed E-state index contributed by atoms with van der Waals surface area (Å²) in [4.78, 5) is 68.7. The summed E-state index contributed by atoms with van der Waals surface area (Å²) in [6.07, 6.45) is 4.25. The monoisotopic (exact) mass is 834 g/mol. The van der Waals surface area contributed by atoms with Crippen molar-refractivity contribution in [2.75, 3.05) is 72.4 Å². The van der Waals surface area contributed by atoms with E-state index in [-0.39, 0.29) is 42.7 Å². The number of benzene rings is 2. The van der Waals surface area contributed by atoms with Gasteiger partial charge in [-0.1, -0.05) is 6.92 Å². The molecule has 9 rings (SSSR count). The Morgan fingerprint density at radius 2 is 1.72 bits per heavy atom. The van der Waals surface area contributed by atoms with Gasteiger partial charge in [0.25, 0.3) is 5.91 Å². The Morgan fingerprint density at radius 1 is 0.902 bits per heavy atom.